The number of likely N-dealkylation sites (tertiary alicyclic amines) is 1. The molecule has 0 radical (unpaired) electrons. The van der Waals surface area contributed by atoms with Crippen LogP contribution in [0.3, 0.4) is 0 Å². The van der Waals surface area contributed by atoms with E-state index in [0.29, 0.717) is 0 Å². The first-order valence-electron chi connectivity index (χ1n) is 4.63. The van der Waals surface area contributed by atoms with Gasteiger partial charge in [-0.3, -0.25) is 4.90 Å². The van der Waals surface area contributed by atoms with Gasteiger partial charge in [-0.25, -0.2) is 0 Å². The second-order valence-corrected chi connectivity index (χ2v) is 3.56. The van der Waals surface area contributed by atoms with Crippen LogP contribution in [0.5, 0.6) is 0 Å². The van der Waals surface area contributed by atoms with Crippen molar-refractivity contribution in [1.29, 1.82) is 0 Å². The van der Waals surface area contributed by atoms with Gasteiger partial charge in [-0.2, -0.15) is 0 Å². The molecule has 1 aromatic rings. The molecule has 2 rings (SSSR count). The third-order valence-electron chi connectivity index (χ3n) is 2.60. The van der Waals surface area contributed by atoms with Crippen LogP contribution in [0.1, 0.15) is 17.5 Å². The highest BCUT2D eigenvalue weighted by molar-refractivity contribution is 5.25. The van der Waals surface area contributed by atoms with Gasteiger partial charge in [-0.05, 0) is 37.6 Å². The zero-order valence-electron chi connectivity index (χ0n) is 7.59. The van der Waals surface area contributed by atoms with Crippen molar-refractivity contribution in [2.24, 2.45) is 0 Å². The Morgan fingerprint density at radius 3 is 2.58 bits per heavy atom. The Labute approximate surface area is 74.0 Å². The monoisotopic (exact) mass is 161 g/mol. The minimum absolute atomic E-state index is 1.15. The molecule has 1 saturated heterocycles. The number of hydrogen-bond acceptors (Lipinski definition) is 1. The maximum atomic E-state index is 2.49. The number of benzene rings is 1. The molecule has 1 aliphatic heterocycles. The predicted molar refractivity (Wildman–Crippen MR) is 51.1 cm³/mol. The molecule has 1 nitrogen and oxygen atoms in total. The molecule has 0 amide bonds. The maximum absolute atomic E-state index is 2.49. The zero-order chi connectivity index (χ0) is 8.39. The summed E-state index contributed by atoms with van der Waals surface area (Å²) in [6.07, 6.45) is 1.38. The van der Waals surface area contributed by atoms with Crippen LogP contribution in [-0.4, -0.2) is 18.0 Å². The van der Waals surface area contributed by atoms with Gasteiger partial charge in [0.05, 0.1) is 0 Å². The number of hydrogen-bond donors (Lipinski definition) is 0. The van der Waals surface area contributed by atoms with Crippen LogP contribution < -0.4 is 0 Å². The molecule has 12 heavy (non-hydrogen) atoms. The van der Waals surface area contributed by atoms with Gasteiger partial charge in [-0.15, -0.1) is 0 Å². The highest BCUT2D eigenvalue weighted by Gasteiger charge is 2.13. The van der Waals surface area contributed by atoms with E-state index in [-0.39, 0.29) is 0 Å². The van der Waals surface area contributed by atoms with Crippen LogP contribution in [0, 0.1) is 6.92 Å². The topological polar surface area (TPSA) is 3.24 Å². The SMILES string of the molecule is Cc1ccccc1CN1CCC1. The van der Waals surface area contributed by atoms with E-state index in [1.807, 2.05) is 0 Å². The molecule has 0 saturated carbocycles. The highest BCUT2D eigenvalue weighted by atomic mass is 15.2. The molecule has 1 heteroatoms. The minimum Gasteiger partial charge on any atom is -0.299 e. The van der Waals surface area contributed by atoms with E-state index in [1.165, 1.54) is 30.6 Å². The van der Waals surface area contributed by atoms with Crippen molar-refractivity contribution in [3.8, 4) is 0 Å². The molecule has 0 aliphatic carbocycles. The Morgan fingerprint density at radius 2 is 2.00 bits per heavy atom. The molecule has 1 heterocycles. The Morgan fingerprint density at radius 1 is 1.25 bits per heavy atom. The lowest BCUT2D eigenvalue weighted by Gasteiger charge is -2.31. The molecule has 0 atom stereocenters. The maximum Gasteiger partial charge on any atom is 0.0236 e. The second kappa shape index (κ2) is 3.28. The second-order valence-electron chi connectivity index (χ2n) is 3.56. The van der Waals surface area contributed by atoms with Crippen molar-refractivity contribution in [1.82, 2.24) is 4.90 Å². The molecular formula is C11H15N. The molecular weight excluding hydrogens is 146 g/mol. The molecule has 0 spiro atoms. The summed E-state index contributed by atoms with van der Waals surface area (Å²) in [4.78, 5) is 2.49. The minimum atomic E-state index is 1.15. The third kappa shape index (κ3) is 1.51. The lowest BCUT2D eigenvalue weighted by molar-refractivity contribution is 0.172. The quantitative estimate of drug-likeness (QED) is 0.642. The van der Waals surface area contributed by atoms with E-state index >= 15 is 0 Å². The lowest BCUT2D eigenvalue weighted by Crippen LogP contribution is -2.36. The van der Waals surface area contributed by atoms with Crippen LogP contribution in [0.25, 0.3) is 0 Å². The van der Waals surface area contributed by atoms with Crippen LogP contribution in [-0.2, 0) is 6.54 Å². The summed E-state index contributed by atoms with van der Waals surface area (Å²) in [6.45, 7) is 5.91. The van der Waals surface area contributed by atoms with Crippen molar-refractivity contribution in [3.05, 3.63) is 35.4 Å². The largest absolute Gasteiger partial charge is 0.299 e. The molecule has 0 aromatic heterocycles. The number of rotatable bonds is 2. The van der Waals surface area contributed by atoms with Crippen LogP contribution >= 0.6 is 0 Å². The van der Waals surface area contributed by atoms with Gasteiger partial charge in [0.15, 0.2) is 0 Å². The summed E-state index contributed by atoms with van der Waals surface area (Å²) < 4.78 is 0. The van der Waals surface area contributed by atoms with Crippen LogP contribution in [0.2, 0.25) is 0 Å². The summed E-state index contributed by atoms with van der Waals surface area (Å²) in [6, 6.07) is 8.65. The predicted octanol–water partition coefficient (Wildman–Crippen LogP) is 2.20. The fourth-order valence-electron chi connectivity index (χ4n) is 1.57. The molecule has 64 valence electrons. The van der Waals surface area contributed by atoms with Crippen molar-refractivity contribution in [2.75, 3.05) is 13.1 Å². The molecule has 0 bridgehead atoms. The summed E-state index contributed by atoms with van der Waals surface area (Å²) >= 11 is 0. The summed E-state index contributed by atoms with van der Waals surface area (Å²) in [5.41, 5.74) is 2.90. The van der Waals surface area contributed by atoms with Gasteiger partial charge in [0, 0.05) is 6.54 Å². The average Bonchev–Trinajstić information content (AvgIpc) is 2.00. The number of aryl methyl sites for hydroxylation is 1. The van der Waals surface area contributed by atoms with Crippen LogP contribution in [0.15, 0.2) is 24.3 Å². The van der Waals surface area contributed by atoms with E-state index in [1.54, 1.807) is 0 Å². The third-order valence-corrected chi connectivity index (χ3v) is 2.60. The molecule has 1 aliphatic rings. The summed E-state index contributed by atoms with van der Waals surface area (Å²) in [7, 11) is 0. The standard InChI is InChI=1S/C11H15N/c1-10-5-2-3-6-11(10)9-12-7-4-8-12/h2-3,5-6H,4,7-9H2,1H3. The van der Waals surface area contributed by atoms with Crippen molar-refractivity contribution >= 4 is 0 Å². The van der Waals surface area contributed by atoms with Crippen molar-refractivity contribution < 1.29 is 0 Å². The van der Waals surface area contributed by atoms with E-state index in [9.17, 15) is 0 Å². The summed E-state index contributed by atoms with van der Waals surface area (Å²) in [5, 5.41) is 0. The first kappa shape index (κ1) is 7.81. The normalized spacial score (nSPS) is 17.4. The van der Waals surface area contributed by atoms with Crippen molar-refractivity contribution in [2.45, 2.75) is 19.9 Å². The number of nitrogens with zero attached hydrogens (tertiary/aromatic N) is 1. The first-order valence-corrected chi connectivity index (χ1v) is 4.63. The Bertz CT molecular complexity index is 263. The Hall–Kier alpha value is -0.820. The van der Waals surface area contributed by atoms with E-state index in [2.05, 4.69) is 36.1 Å². The molecule has 1 aromatic carbocycles. The molecule has 1 fully saturated rings. The fourth-order valence-corrected chi connectivity index (χ4v) is 1.57. The summed E-state index contributed by atoms with van der Waals surface area (Å²) in [5.74, 6) is 0. The zero-order valence-corrected chi connectivity index (χ0v) is 7.59. The van der Waals surface area contributed by atoms with E-state index in [0.717, 1.165) is 6.54 Å². The molecule has 0 unspecified atom stereocenters. The van der Waals surface area contributed by atoms with Crippen LogP contribution in [0.4, 0.5) is 0 Å². The smallest absolute Gasteiger partial charge is 0.0236 e. The Balaban J connectivity index is 2.06. The van der Waals surface area contributed by atoms with Gasteiger partial charge in [0.2, 0.25) is 0 Å². The average molecular weight is 161 g/mol. The first-order chi connectivity index (χ1) is 5.86. The van der Waals surface area contributed by atoms with Gasteiger partial charge in [-0.1, -0.05) is 24.3 Å². The van der Waals surface area contributed by atoms with Crippen molar-refractivity contribution in [3.63, 3.8) is 0 Å². The molecule has 0 N–H and O–H groups in total. The van der Waals surface area contributed by atoms with E-state index in [4.69, 9.17) is 0 Å². The van der Waals surface area contributed by atoms with Gasteiger partial charge >= 0.3 is 0 Å². The van der Waals surface area contributed by atoms with E-state index < -0.39 is 0 Å². The fraction of sp³-hybridized carbons (Fsp3) is 0.455. The van der Waals surface area contributed by atoms with Gasteiger partial charge in [0.25, 0.3) is 0 Å². The lowest BCUT2D eigenvalue weighted by atomic mass is 10.1. The Kier molecular flexibility index (Phi) is 2.13. The highest BCUT2D eigenvalue weighted by Crippen LogP contribution is 2.14. The van der Waals surface area contributed by atoms with Gasteiger partial charge < -0.3 is 0 Å². The van der Waals surface area contributed by atoms with Gasteiger partial charge in [0.1, 0.15) is 0 Å².